The number of unbranched alkanes of at least 4 members (excludes halogenated alkanes) is 1. The van der Waals surface area contributed by atoms with E-state index in [1.54, 1.807) is 0 Å². The summed E-state index contributed by atoms with van der Waals surface area (Å²) in [5, 5.41) is 0. The Morgan fingerprint density at radius 2 is 2.00 bits per heavy atom. The van der Waals surface area contributed by atoms with Crippen LogP contribution in [0.2, 0.25) is 0 Å². The van der Waals surface area contributed by atoms with E-state index >= 15 is 0 Å². The number of hydrogen-bond donors (Lipinski definition) is 2. The van der Waals surface area contributed by atoms with E-state index in [9.17, 15) is 4.79 Å². The van der Waals surface area contributed by atoms with Gasteiger partial charge in [0.05, 0.1) is 6.04 Å². The number of piperidine rings is 1. The Balaban J connectivity index is 1.77. The topological polar surface area (TPSA) is 81.6 Å². The molecule has 0 spiro atoms. The molecule has 23 heavy (non-hydrogen) atoms. The molecule has 1 atom stereocenters. The normalized spacial score (nSPS) is 17.1. The van der Waals surface area contributed by atoms with Crippen molar-refractivity contribution in [1.29, 1.82) is 0 Å². The van der Waals surface area contributed by atoms with Crippen LogP contribution in [0, 0.1) is 6.92 Å². The second kappa shape index (κ2) is 8.89. The van der Waals surface area contributed by atoms with Crippen molar-refractivity contribution in [1.82, 2.24) is 4.90 Å². The summed E-state index contributed by atoms with van der Waals surface area (Å²) in [6.07, 6.45) is 4.44. The lowest BCUT2D eigenvalue weighted by atomic mass is 10.0. The zero-order valence-electron chi connectivity index (χ0n) is 14.0. The molecule has 0 saturated carbocycles. The molecule has 4 N–H and O–H groups in total. The fourth-order valence-corrected chi connectivity index (χ4v) is 2.93. The summed E-state index contributed by atoms with van der Waals surface area (Å²) in [7, 11) is 0. The number of ether oxygens (including phenoxy) is 1. The van der Waals surface area contributed by atoms with Gasteiger partial charge in [-0.2, -0.15) is 0 Å². The Kier molecular flexibility index (Phi) is 6.86. The quantitative estimate of drug-likeness (QED) is 0.751. The van der Waals surface area contributed by atoms with Gasteiger partial charge in [-0.1, -0.05) is 24.6 Å². The highest BCUT2D eigenvalue weighted by atomic mass is 16.5. The number of nitrogens with zero attached hydrogens (tertiary/aromatic N) is 1. The van der Waals surface area contributed by atoms with Crippen LogP contribution in [0.1, 0.15) is 37.7 Å². The highest BCUT2D eigenvalue weighted by molar-refractivity contribution is 5.81. The van der Waals surface area contributed by atoms with Crippen LogP contribution in [-0.4, -0.2) is 42.6 Å². The zero-order valence-corrected chi connectivity index (χ0v) is 14.0. The summed E-state index contributed by atoms with van der Waals surface area (Å²) in [6, 6.07) is 7.65. The summed E-state index contributed by atoms with van der Waals surface area (Å²) < 4.78 is 6.07. The second-order valence-electron chi connectivity index (χ2n) is 6.30. The Morgan fingerprint density at radius 1 is 1.30 bits per heavy atom. The standard InChI is InChI=1S/C18H29N3O2/c1-14-6-2-3-8-17(14)23-15-9-12-21(13-10-15)18(22)16(20)7-4-5-11-19/h2-3,6,8,15-16H,4-5,7,9-13,19-20H2,1H3/t16-/m0/s1. The number of benzene rings is 1. The van der Waals surface area contributed by atoms with Crippen LogP contribution in [0.5, 0.6) is 5.75 Å². The third kappa shape index (κ3) is 5.22. The van der Waals surface area contributed by atoms with Crippen LogP contribution in [0.15, 0.2) is 24.3 Å². The molecule has 5 heteroatoms. The average Bonchev–Trinajstić information content (AvgIpc) is 2.57. The largest absolute Gasteiger partial charge is 0.490 e. The zero-order chi connectivity index (χ0) is 16.7. The number of carbonyl (C=O) groups is 1. The first-order valence-corrected chi connectivity index (χ1v) is 8.58. The van der Waals surface area contributed by atoms with Gasteiger partial charge in [-0.25, -0.2) is 0 Å². The molecule has 5 nitrogen and oxygen atoms in total. The van der Waals surface area contributed by atoms with Gasteiger partial charge in [0.1, 0.15) is 11.9 Å². The van der Waals surface area contributed by atoms with Gasteiger partial charge in [-0.3, -0.25) is 4.79 Å². The first-order valence-electron chi connectivity index (χ1n) is 8.58. The molecule has 0 radical (unpaired) electrons. The van der Waals surface area contributed by atoms with Crippen LogP contribution in [0.25, 0.3) is 0 Å². The minimum atomic E-state index is -0.393. The van der Waals surface area contributed by atoms with E-state index in [-0.39, 0.29) is 12.0 Å². The van der Waals surface area contributed by atoms with Crippen LogP contribution in [-0.2, 0) is 4.79 Å². The van der Waals surface area contributed by atoms with Crippen molar-refractivity contribution in [2.75, 3.05) is 19.6 Å². The van der Waals surface area contributed by atoms with Gasteiger partial charge in [0.15, 0.2) is 0 Å². The smallest absolute Gasteiger partial charge is 0.239 e. The molecule has 1 aromatic rings. The van der Waals surface area contributed by atoms with Crippen LogP contribution < -0.4 is 16.2 Å². The third-order valence-corrected chi connectivity index (χ3v) is 4.43. The van der Waals surface area contributed by atoms with Crippen molar-refractivity contribution in [2.24, 2.45) is 11.5 Å². The van der Waals surface area contributed by atoms with Crippen molar-refractivity contribution in [3.05, 3.63) is 29.8 Å². The molecule has 0 aromatic heterocycles. The third-order valence-electron chi connectivity index (χ3n) is 4.43. The van der Waals surface area contributed by atoms with Gasteiger partial charge < -0.3 is 21.1 Å². The van der Waals surface area contributed by atoms with E-state index in [2.05, 4.69) is 0 Å². The minimum absolute atomic E-state index is 0.0661. The van der Waals surface area contributed by atoms with Crippen LogP contribution in [0.3, 0.4) is 0 Å². The summed E-state index contributed by atoms with van der Waals surface area (Å²) in [5.41, 5.74) is 12.6. The lowest BCUT2D eigenvalue weighted by Crippen LogP contribution is -2.48. The molecule has 1 aliphatic rings. The molecule has 1 fully saturated rings. The summed E-state index contributed by atoms with van der Waals surface area (Å²) in [6.45, 7) is 4.15. The number of carbonyl (C=O) groups excluding carboxylic acids is 1. The predicted molar refractivity (Wildman–Crippen MR) is 92.3 cm³/mol. The van der Waals surface area contributed by atoms with Crippen molar-refractivity contribution in [2.45, 2.75) is 51.2 Å². The number of rotatable bonds is 7. The Bertz CT molecular complexity index is 499. The molecule has 1 aliphatic heterocycles. The van der Waals surface area contributed by atoms with Gasteiger partial charge in [-0.15, -0.1) is 0 Å². The van der Waals surface area contributed by atoms with E-state index in [1.807, 2.05) is 36.1 Å². The molecule has 1 heterocycles. The Hall–Kier alpha value is -1.59. The van der Waals surface area contributed by atoms with Crippen molar-refractivity contribution < 1.29 is 9.53 Å². The molecular weight excluding hydrogens is 290 g/mol. The van der Waals surface area contributed by atoms with E-state index in [4.69, 9.17) is 16.2 Å². The first kappa shape index (κ1) is 17.8. The molecule has 0 unspecified atom stereocenters. The average molecular weight is 319 g/mol. The SMILES string of the molecule is Cc1ccccc1OC1CCN(C(=O)[C@@H](N)CCCCN)CC1. The maximum Gasteiger partial charge on any atom is 0.239 e. The Morgan fingerprint density at radius 3 is 2.65 bits per heavy atom. The molecular formula is C18H29N3O2. The van der Waals surface area contributed by atoms with E-state index in [0.29, 0.717) is 6.54 Å². The maximum atomic E-state index is 12.3. The van der Waals surface area contributed by atoms with Crippen LogP contribution in [0.4, 0.5) is 0 Å². The lowest BCUT2D eigenvalue weighted by Gasteiger charge is -2.33. The summed E-state index contributed by atoms with van der Waals surface area (Å²) >= 11 is 0. The van der Waals surface area contributed by atoms with E-state index in [0.717, 1.165) is 56.5 Å². The number of hydrogen-bond acceptors (Lipinski definition) is 4. The highest BCUT2D eigenvalue weighted by Gasteiger charge is 2.27. The Labute approximate surface area is 139 Å². The van der Waals surface area contributed by atoms with Gasteiger partial charge in [-0.05, 0) is 37.9 Å². The summed E-state index contributed by atoms with van der Waals surface area (Å²) in [5.74, 6) is 1.01. The fourth-order valence-electron chi connectivity index (χ4n) is 2.93. The van der Waals surface area contributed by atoms with E-state index in [1.165, 1.54) is 0 Å². The first-order chi connectivity index (χ1) is 11.1. The van der Waals surface area contributed by atoms with Crippen molar-refractivity contribution in [3.63, 3.8) is 0 Å². The molecule has 1 aromatic carbocycles. The molecule has 0 aliphatic carbocycles. The molecule has 1 amide bonds. The number of likely N-dealkylation sites (tertiary alicyclic amines) is 1. The number of aryl methyl sites for hydroxylation is 1. The number of amides is 1. The highest BCUT2D eigenvalue weighted by Crippen LogP contribution is 2.22. The van der Waals surface area contributed by atoms with Gasteiger partial charge in [0, 0.05) is 25.9 Å². The maximum absolute atomic E-state index is 12.3. The van der Waals surface area contributed by atoms with Crippen molar-refractivity contribution in [3.8, 4) is 5.75 Å². The minimum Gasteiger partial charge on any atom is -0.490 e. The second-order valence-corrected chi connectivity index (χ2v) is 6.30. The predicted octanol–water partition coefficient (Wildman–Crippen LogP) is 1.82. The number of para-hydroxylation sites is 1. The molecule has 128 valence electrons. The van der Waals surface area contributed by atoms with Gasteiger partial charge >= 0.3 is 0 Å². The monoisotopic (exact) mass is 319 g/mol. The fraction of sp³-hybridized carbons (Fsp3) is 0.611. The van der Waals surface area contributed by atoms with Gasteiger partial charge in [0.25, 0.3) is 0 Å². The molecule has 2 rings (SSSR count). The van der Waals surface area contributed by atoms with Crippen molar-refractivity contribution >= 4 is 5.91 Å². The van der Waals surface area contributed by atoms with E-state index < -0.39 is 6.04 Å². The lowest BCUT2D eigenvalue weighted by molar-refractivity contribution is -0.134. The molecule has 1 saturated heterocycles. The van der Waals surface area contributed by atoms with Crippen LogP contribution >= 0.6 is 0 Å². The molecule has 0 bridgehead atoms. The summed E-state index contributed by atoms with van der Waals surface area (Å²) in [4.78, 5) is 14.2. The van der Waals surface area contributed by atoms with Gasteiger partial charge in [0.2, 0.25) is 5.91 Å². The number of nitrogens with two attached hydrogens (primary N) is 2.